The van der Waals surface area contributed by atoms with E-state index in [1.54, 1.807) is 5.38 Å². The first-order chi connectivity index (χ1) is 16.1. The number of ether oxygens (including phenoxy) is 3. The molecule has 11 heteroatoms. The molecule has 180 valence electrons. The Balaban J connectivity index is 1.54. The smallest absolute Gasteiger partial charge is 0.493 e. The minimum atomic E-state index is -4.81. The molecule has 1 N–H and O–H groups in total. The zero-order valence-corrected chi connectivity index (χ0v) is 19.0. The van der Waals surface area contributed by atoms with E-state index in [4.69, 9.17) is 9.47 Å². The second kappa shape index (κ2) is 11.0. The maximum Gasteiger partial charge on any atom is 0.573 e. The quantitative estimate of drug-likeness (QED) is 0.411. The largest absolute Gasteiger partial charge is 0.573 e. The first kappa shape index (κ1) is 25.0. The van der Waals surface area contributed by atoms with Crippen molar-refractivity contribution in [2.24, 2.45) is 0 Å². The number of hydrogen-bond acceptors (Lipinski definition) is 7. The molecule has 1 amide bonds. The van der Waals surface area contributed by atoms with Crippen LogP contribution in [0.5, 0.6) is 11.5 Å². The van der Waals surface area contributed by atoms with Crippen LogP contribution < -0.4 is 14.8 Å². The first-order valence-electron chi connectivity index (χ1n) is 10.2. The highest BCUT2D eigenvalue weighted by molar-refractivity contribution is 7.13. The Morgan fingerprint density at radius 1 is 1.12 bits per heavy atom. The number of thiazole rings is 1. The number of nitrogens with zero attached hydrogens (tertiary/aromatic N) is 1. The van der Waals surface area contributed by atoms with Crippen LogP contribution in [0.25, 0.3) is 10.6 Å². The molecule has 0 spiro atoms. The summed E-state index contributed by atoms with van der Waals surface area (Å²) in [5, 5.41) is 4.89. The zero-order chi connectivity index (χ0) is 24.7. The third-order valence-electron chi connectivity index (χ3n) is 4.33. The van der Waals surface area contributed by atoms with Crippen LogP contribution in [0, 0.1) is 0 Å². The van der Waals surface area contributed by atoms with Gasteiger partial charge in [0.2, 0.25) is 0 Å². The summed E-state index contributed by atoms with van der Waals surface area (Å²) in [6.45, 7) is 3.78. The number of esters is 1. The second-order valence-electron chi connectivity index (χ2n) is 6.94. The number of halogens is 3. The molecule has 0 aliphatic carbocycles. The number of benzene rings is 2. The first-order valence-corrected chi connectivity index (χ1v) is 11.1. The average Bonchev–Trinajstić information content (AvgIpc) is 3.22. The normalized spacial score (nSPS) is 12.0. The van der Waals surface area contributed by atoms with Crippen LogP contribution in [0.1, 0.15) is 19.5 Å². The number of anilines is 1. The molecular weight excluding hydrogens is 473 g/mol. The number of aromatic nitrogens is 1. The SMILES string of the molecule is CCOc1ccccc1-c1nc(CC(=O)OC(C)C(=O)Nc2ccc(OC(F)(F)F)cc2)cs1. The van der Waals surface area contributed by atoms with Crippen LogP contribution in [-0.2, 0) is 20.7 Å². The molecule has 0 radical (unpaired) electrons. The van der Waals surface area contributed by atoms with Crippen LogP contribution >= 0.6 is 11.3 Å². The van der Waals surface area contributed by atoms with Gasteiger partial charge in [-0.15, -0.1) is 24.5 Å². The molecule has 1 unspecified atom stereocenters. The van der Waals surface area contributed by atoms with E-state index in [-0.39, 0.29) is 12.1 Å². The lowest BCUT2D eigenvalue weighted by Crippen LogP contribution is -2.30. The lowest BCUT2D eigenvalue weighted by Gasteiger charge is -2.14. The van der Waals surface area contributed by atoms with Crippen molar-refractivity contribution in [1.29, 1.82) is 0 Å². The fourth-order valence-electron chi connectivity index (χ4n) is 2.86. The second-order valence-corrected chi connectivity index (χ2v) is 7.80. The Morgan fingerprint density at radius 2 is 1.82 bits per heavy atom. The third kappa shape index (κ3) is 7.20. The minimum absolute atomic E-state index is 0.131. The van der Waals surface area contributed by atoms with Crippen molar-refractivity contribution in [3.8, 4) is 22.1 Å². The highest BCUT2D eigenvalue weighted by Crippen LogP contribution is 2.32. The lowest BCUT2D eigenvalue weighted by molar-refractivity contribution is -0.274. The van der Waals surface area contributed by atoms with Crippen LogP contribution in [0.3, 0.4) is 0 Å². The number of nitrogens with one attached hydrogen (secondary N) is 1. The molecule has 1 heterocycles. The van der Waals surface area contributed by atoms with E-state index in [1.807, 2.05) is 31.2 Å². The van der Waals surface area contributed by atoms with Gasteiger partial charge in [0.05, 0.1) is 24.3 Å². The van der Waals surface area contributed by atoms with Crippen molar-refractivity contribution >= 4 is 28.9 Å². The molecule has 0 aliphatic rings. The van der Waals surface area contributed by atoms with Crippen LogP contribution in [0.4, 0.5) is 18.9 Å². The summed E-state index contributed by atoms with van der Waals surface area (Å²) in [5.74, 6) is -1.01. The van der Waals surface area contributed by atoms with Gasteiger partial charge in [-0.25, -0.2) is 4.98 Å². The molecule has 1 atom stereocenters. The van der Waals surface area contributed by atoms with Crippen molar-refractivity contribution in [3.05, 3.63) is 59.6 Å². The molecule has 7 nitrogen and oxygen atoms in total. The molecule has 34 heavy (non-hydrogen) atoms. The van der Waals surface area contributed by atoms with Gasteiger partial charge in [0, 0.05) is 11.1 Å². The maximum atomic E-state index is 12.3. The summed E-state index contributed by atoms with van der Waals surface area (Å²) in [6.07, 6.45) is -6.07. The number of para-hydroxylation sites is 1. The summed E-state index contributed by atoms with van der Waals surface area (Å²) >= 11 is 1.36. The Bertz CT molecular complexity index is 1130. The molecule has 3 aromatic rings. The van der Waals surface area contributed by atoms with E-state index >= 15 is 0 Å². The van der Waals surface area contributed by atoms with Crippen molar-refractivity contribution in [1.82, 2.24) is 4.98 Å². The molecule has 0 saturated heterocycles. The summed E-state index contributed by atoms with van der Waals surface area (Å²) in [4.78, 5) is 29.0. The number of rotatable bonds is 9. The lowest BCUT2D eigenvalue weighted by atomic mass is 10.2. The maximum absolute atomic E-state index is 12.3. The van der Waals surface area contributed by atoms with Crippen LogP contribution in [0.15, 0.2) is 53.9 Å². The Hall–Kier alpha value is -3.60. The van der Waals surface area contributed by atoms with Gasteiger partial charge in [0.15, 0.2) is 6.10 Å². The molecule has 0 saturated carbocycles. The van der Waals surface area contributed by atoms with Gasteiger partial charge < -0.3 is 19.5 Å². The monoisotopic (exact) mass is 494 g/mol. The molecule has 3 rings (SSSR count). The van der Waals surface area contributed by atoms with E-state index in [0.29, 0.717) is 23.1 Å². The number of amides is 1. The molecule has 0 aliphatic heterocycles. The van der Waals surface area contributed by atoms with Crippen LogP contribution in [-0.4, -0.2) is 35.9 Å². The van der Waals surface area contributed by atoms with E-state index in [0.717, 1.165) is 17.7 Å². The van der Waals surface area contributed by atoms with Crippen molar-refractivity contribution in [2.75, 3.05) is 11.9 Å². The summed E-state index contributed by atoms with van der Waals surface area (Å²) in [5.41, 5.74) is 1.53. The standard InChI is InChI=1S/C23H21F3N2O5S/c1-3-31-19-7-5-4-6-18(19)22-28-16(13-34-22)12-20(29)32-14(2)21(30)27-15-8-10-17(11-9-15)33-23(24,25)26/h4-11,13-14H,3,12H2,1-2H3,(H,27,30). The highest BCUT2D eigenvalue weighted by atomic mass is 32.1. The van der Waals surface area contributed by atoms with Gasteiger partial charge >= 0.3 is 12.3 Å². The van der Waals surface area contributed by atoms with E-state index in [1.165, 1.54) is 30.4 Å². The summed E-state index contributed by atoms with van der Waals surface area (Å²) in [6, 6.07) is 12.0. The van der Waals surface area contributed by atoms with Gasteiger partial charge in [0.25, 0.3) is 5.91 Å². The zero-order valence-electron chi connectivity index (χ0n) is 18.2. The van der Waals surface area contributed by atoms with E-state index in [9.17, 15) is 22.8 Å². The van der Waals surface area contributed by atoms with Crippen molar-refractivity contribution in [3.63, 3.8) is 0 Å². The van der Waals surface area contributed by atoms with Gasteiger partial charge in [-0.3, -0.25) is 9.59 Å². The summed E-state index contributed by atoms with van der Waals surface area (Å²) < 4.78 is 51.2. The molecule has 0 bridgehead atoms. The number of carbonyl (C=O) groups excluding carboxylic acids is 2. The fourth-order valence-corrected chi connectivity index (χ4v) is 3.71. The fraction of sp³-hybridized carbons (Fsp3) is 0.261. The van der Waals surface area contributed by atoms with Gasteiger partial charge in [0.1, 0.15) is 16.5 Å². The Morgan fingerprint density at radius 3 is 2.50 bits per heavy atom. The van der Waals surface area contributed by atoms with E-state index in [2.05, 4.69) is 15.0 Å². The number of hydrogen-bond donors (Lipinski definition) is 1. The van der Waals surface area contributed by atoms with Crippen molar-refractivity contribution in [2.45, 2.75) is 32.7 Å². The third-order valence-corrected chi connectivity index (χ3v) is 5.25. The minimum Gasteiger partial charge on any atom is -0.493 e. The van der Waals surface area contributed by atoms with Gasteiger partial charge in [-0.05, 0) is 50.2 Å². The average molecular weight is 494 g/mol. The van der Waals surface area contributed by atoms with Crippen LogP contribution in [0.2, 0.25) is 0 Å². The Labute approximate surface area is 197 Å². The summed E-state index contributed by atoms with van der Waals surface area (Å²) in [7, 11) is 0. The molecule has 1 aromatic heterocycles. The predicted molar refractivity (Wildman–Crippen MR) is 120 cm³/mol. The Kier molecular flexibility index (Phi) is 8.11. The number of carbonyl (C=O) groups is 2. The van der Waals surface area contributed by atoms with Gasteiger partial charge in [-0.1, -0.05) is 12.1 Å². The predicted octanol–water partition coefficient (Wildman–Crippen LogP) is 5.22. The molecular formula is C23H21F3N2O5S. The van der Waals surface area contributed by atoms with E-state index < -0.39 is 30.1 Å². The highest BCUT2D eigenvalue weighted by Gasteiger charge is 2.31. The van der Waals surface area contributed by atoms with Crippen molar-refractivity contribution < 1.29 is 37.0 Å². The number of alkyl halides is 3. The van der Waals surface area contributed by atoms with Gasteiger partial charge in [-0.2, -0.15) is 0 Å². The topological polar surface area (TPSA) is 86.8 Å². The molecule has 2 aromatic carbocycles. The molecule has 0 fully saturated rings.